The number of rotatable bonds is 6. The lowest BCUT2D eigenvalue weighted by Crippen LogP contribution is -2.63. The van der Waals surface area contributed by atoms with Crippen molar-refractivity contribution in [3.05, 3.63) is 47.7 Å². The first-order valence-electron chi connectivity index (χ1n) is 11.3. The van der Waals surface area contributed by atoms with Crippen LogP contribution in [0, 0.1) is 5.41 Å². The summed E-state index contributed by atoms with van der Waals surface area (Å²) in [7, 11) is -0.631. The van der Waals surface area contributed by atoms with Crippen molar-refractivity contribution in [2.45, 2.75) is 77.0 Å². The predicted octanol–water partition coefficient (Wildman–Crippen LogP) is 4.96. The van der Waals surface area contributed by atoms with E-state index in [0.717, 1.165) is 11.3 Å². The van der Waals surface area contributed by atoms with Gasteiger partial charge in [-0.1, -0.05) is 51.1 Å². The van der Waals surface area contributed by atoms with Crippen LogP contribution in [-0.4, -0.2) is 46.0 Å². The molecule has 0 bridgehead atoms. The molecule has 0 amide bonds. The van der Waals surface area contributed by atoms with E-state index in [-0.39, 0.29) is 23.8 Å². The van der Waals surface area contributed by atoms with Crippen molar-refractivity contribution < 1.29 is 28.2 Å². The molecule has 1 saturated heterocycles. The summed E-state index contributed by atoms with van der Waals surface area (Å²) in [6.45, 7) is 12.8. The molecule has 2 unspecified atom stereocenters. The van der Waals surface area contributed by atoms with E-state index < -0.39 is 38.0 Å². The SMILES string of the molecule is CCOC(=O)[C@]12C(=O)CC(c3ccccc3)O[C@@H]1CC(O[Si](C)(C)C(C)(C)C)=CC2OC. The Labute approximate surface area is 192 Å². The Morgan fingerprint density at radius 2 is 1.84 bits per heavy atom. The largest absolute Gasteiger partial charge is 0.547 e. The number of fused-ring (bicyclic) bond motifs is 1. The first kappa shape index (κ1) is 24.7. The molecule has 4 atom stereocenters. The Morgan fingerprint density at radius 1 is 1.19 bits per heavy atom. The maximum absolute atomic E-state index is 13.6. The van der Waals surface area contributed by atoms with Crippen LogP contribution in [0.15, 0.2) is 42.2 Å². The molecule has 32 heavy (non-hydrogen) atoms. The van der Waals surface area contributed by atoms with Gasteiger partial charge in [0.25, 0.3) is 0 Å². The molecule has 1 aromatic rings. The lowest BCUT2D eigenvalue weighted by atomic mass is 9.65. The first-order valence-corrected chi connectivity index (χ1v) is 14.2. The van der Waals surface area contributed by atoms with Crippen molar-refractivity contribution in [1.29, 1.82) is 0 Å². The van der Waals surface area contributed by atoms with Gasteiger partial charge in [0.15, 0.2) is 11.2 Å². The van der Waals surface area contributed by atoms with E-state index in [1.807, 2.05) is 30.3 Å². The number of ether oxygens (including phenoxy) is 3. The molecule has 176 valence electrons. The molecule has 6 nitrogen and oxygen atoms in total. The van der Waals surface area contributed by atoms with Crippen molar-refractivity contribution in [3.63, 3.8) is 0 Å². The first-order chi connectivity index (χ1) is 15.0. The molecule has 3 rings (SSSR count). The standard InChI is InChI=1S/C25H36O6Si/c1-8-29-23(27)25-20(26)16-19(17-12-10-9-11-13-17)30-22(25)15-18(14-21(25)28-5)31-32(6,7)24(2,3)4/h9-14,19,21-22H,8,15-16H2,1-7H3/t19?,21?,22-,25+/m1/s1. The maximum atomic E-state index is 13.6. The van der Waals surface area contributed by atoms with Crippen LogP contribution in [0.3, 0.4) is 0 Å². The molecule has 1 aromatic carbocycles. The lowest BCUT2D eigenvalue weighted by molar-refractivity contribution is -0.203. The summed E-state index contributed by atoms with van der Waals surface area (Å²) in [6.07, 6.45) is 0.219. The Hall–Kier alpha value is -1.96. The summed E-state index contributed by atoms with van der Waals surface area (Å²) in [6, 6.07) is 9.64. The average molecular weight is 461 g/mol. The van der Waals surface area contributed by atoms with E-state index in [1.54, 1.807) is 13.0 Å². The van der Waals surface area contributed by atoms with Gasteiger partial charge in [-0.2, -0.15) is 0 Å². The van der Waals surface area contributed by atoms with Gasteiger partial charge in [0.2, 0.25) is 8.32 Å². The van der Waals surface area contributed by atoms with Gasteiger partial charge in [0, 0.05) is 20.0 Å². The van der Waals surface area contributed by atoms with Crippen molar-refractivity contribution in [3.8, 4) is 0 Å². The third-order valence-electron chi connectivity index (χ3n) is 7.07. The van der Waals surface area contributed by atoms with E-state index in [0.29, 0.717) is 6.42 Å². The second-order valence-electron chi connectivity index (χ2n) is 10.1. The van der Waals surface area contributed by atoms with Crippen LogP contribution in [0.25, 0.3) is 0 Å². The number of esters is 1. The van der Waals surface area contributed by atoms with Crippen LogP contribution in [-0.2, 0) is 28.2 Å². The number of carbonyl (C=O) groups is 2. The summed E-state index contributed by atoms with van der Waals surface area (Å²) in [5.41, 5.74) is -0.621. The fraction of sp³-hybridized carbons (Fsp3) is 0.600. The zero-order valence-corrected chi connectivity index (χ0v) is 21.3. The summed E-state index contributed by atoms with van der Waals surface area (Å²) in [4.78, 5) is 26.9. The molecule has 1 aliphatic heterocycles. The topological polar surface area (TPSA) is 71.1 Å². The second kappa shape index (κ2) is 9.12. The van der Waals surface area contributed by atoms with Crippen LogP contribution in [0.1, 0.15) is 52.2 Å². The highest BCUT2D eigenvalue weighted by Crippen LogP contribution is 2.50. The van der Waals surface area contributed by atoms with Gasteiger partial charge in [0.1, 0.15) is 6.10 Å². The minimum Gasteiger partial charge on any atom is -0.547 e. The van der Waals surface area contributed by atoms with Gasteiger partial charge < -0.3 is 18.6 Å². The minimum atomic E-state index is -2.14. The Bertz CT molecular complexity index is 872. The van der Waals surface area contributed by atoms with Gasteiger partial charge >= 0.3 is 5.97 Å². The fourth-order valence-electron chi connectivity index (χ4n) is 4.26. The van der Waals surface area contributed by atoms with Crippen molar-refractivity contribution in [2.24, 2.45) is 5.41 Å². The van der Waals surface area contributed by atoms with Crippen LogP contribution in [0.4, 0.5) is 0 Å². The third kappa shape index (κ3) is 4.30. The summed E-state index contributed by atoms with van der Waals surface area (Å²) in [5.74, 6) is -0.0820. The van der Waals surface area contributed by atoms with E-state index in [4.69, 9.17) is 18.6 Å². The highest BCUT2D eigenvalue weighted by atomic mass is 28.4. The Morgan fingerprint density at radius 3 is 2.41 bits per heavy atom. The molecule has 0 aromatic heterocycles. The zero-order chi connectivity index (χ0) is 23.7. The number of methoxy groups -OCH3 is 1. The summed E-state index contributed by atoms with van der Waals surface area (Å²) in [5, 5.41) is 0.00189. The smallest absolute Gasteiger partial charge is 0.325 e. The highest BCUT2D eigenvalue weighted by Gasteiger charge is 2.64. The predicted molar refractivity (Wildman–Crippen MR) is 125 cm³/mol. The van der Waals surface area contributed by atoms with Crippen LogP contribution < -0.4 is 0 Å². The number of carbonyl (C=O) groups excluding carboxylic acids is 2. The molecule has 7 heteroatoms. The van der Waals surface area contributed by atoms with E-state index >= 15 is 0 Å². The fourth-order valence-corrected chi connectivity index (χ4v) is 5.37. The van der Waals surface area contributed by atoms with Crippen LogP contribution >= 0.6 is 0 Å². The van der Waals surface area contributed by atoms with E-state index in [1.165, 1.54) is 7.11 Å². The molecule has 1 heterocycles. The van der Waals surface area contributed by atoms with Gasteiger partial charge in [0.05, 0.1) is 24.6 Å². The van der Waals surface area contributed by atoms with Gasteiger partial charge in [-0.15, -0.1) is 0 Å². The molecule has 0 saturated carbocycles. The highest BCUT2D eigenvalue weighted by molar-refractivity contribution is 6.74. The molecule has 0 spiro atoms. The second-order valence-corrected chi connectivity index (χ2v) is 14.8. The van der Waals surface area contributed by atoms with Crippen LogP contribution in [0.2, 0.25) is 18.1 Å². The molecular formula is C25H36O6Si. The quantitative estimate of drug-likeness (QED) is 0.339. The average Bonchev–Trinajstić information content (AvgIpc) is 2.72. The van der Waals surface area contributed by atoms with Gasteiger partial charge in [-0.05, 0) is 36.7 Å². The van der Waals surface area contributed by atoms with Gasteiger partial charge in [-0.25, -0.2) is 0 Å². The number of Topliss-reactive ketones (excluding diaryl/α,β-unsaturated/α-hetero) is 1. The summed E-state index contributed by atoms with van der Waals surface area (Å²) < 4.78 is 24.2. The van der Waals surface area contributed by atoms with Gasteiger partial charge in [-0.3, -0.25) is 9.59 Å². The lowest BCUT2D eigenvalue weighted by Gasteiger charge is -2.49. The minimum absolute atomic E-state index is 0.00189. The zero-order valence-electron chi connectivity index (χ0n) is 20.3. The van der Waals surface area contributed by atoms with E-state index in [2.05, 4.69) is 33.9 Å². The van der Waals surface area contributed by atoms with Crippen molar-refractivity contribution in [2.75, 3.05) is 13.7 Å². The molecule has 0 radical (unpaired) electrons. The third-order valence-corrected chi connectivity index (χ3v) is 11.5. The summed E-state index contributed by atoms with van der Waals surface area (Å²) >= 11 is 0. The molecular weight excluding hydrogens is 424 g/mol. The number of ketones is 1. The molecule has 0 N–H and O–H groups in total. The molecule has 2 aliphatic rings. The van der Waals surface area contributed by atoms with Crippen molar-refractivity contribution in [1.82, 2.24) is 0 Å². The number of hydrogen-bond acceptors (Lipinski definition) is 6. The Balaban J connectivity index is 2.04. The van der Waals surface area contributed by atoms with Crippen molar-refractivity contribution >= 4 is 20.1 Å². The maximum Gasteiger partial charge on any atom is 0.325 e. The number of benzene rings is 1. The number of hydrogen-bond donors (Lipinski definition) is 0. The monoisotopic (exact) mass is 460 g/mol. The normalized spacial score (nSPS) is 28.5. The van der Waals surface area contributed by atoms with E-state index in [9.17, 15) is 9.59 Å². The Kier molecular flexibility index (Phi) is 7.03. The molecule has 1 aliphatic carbocycles. The van der Waals surface area contributed by atoms with Crippen LogP contribution in [0.5, 0.6) is 0 Å². The molecule has 1 fully saturated rings.